The van der Waals surface area contributed by atoms with Crippen molar-refractivity contribution in [2.75, 3.05) is 34.0 Å². The summed E-state index contributed by atoms with van der Waals surface area (Å²) < 4.78 is 46.9. The van der Waals surface area contributed by atoms with Gasteiger partial charge in [-0.25, -0.2) is 0 Å². The van der Waals surface area contributed by atoms with E-state index >= 15 is 0 Å². The van der Waals surface area contributed by atoms with Gasteiger partial charge in [0.2, 0.25) is 5.91 Å². The fourth-order valence-electron chi connectivity index (χ4n) is 3.41. The summed E-state index contributed by atoms with van der Waals surface area (Å²) in [7, 11) is -1.36. The molecule has 180 valence electrons. The highest BCUT2D eigenvalue weighted by atomic mass is 35.5. The molecule has 3 rings (SSSR count). The number of hydrogen-bond donors (Lipinski definition) is 0. The first-order valence-electron chi connectivity index (χ1n) is 10.2. The zero-order valence-corrected chi connectivity index (χ0v) is 20.6. The van der Waals surface area contributed by atoms with E-state index in [4.69, 9.17) is 41.6 Å². The molecule has 1 aliphatic rings. The van der Waals surface area contributed by atoms with E-state index in [1.54, 1.807) is 17.0 Å². The lowest BCUT2D eigenvalue weighted by Crippen LogP contribution is -2.38. The monoisotopic (exact) mass is 517 g/mol. The Morgan fingerprint density at radius 2 is 1.91 bits per heavy atom. The maximum absolute atomic E-state index is 12.8. The van der Waals surface area contributed by atoms with Gasteiger partial charge >= 0.3 is 10.1 Å². The molecule has 2 aromatic rings. The third-order valence-electron chi connectivity index (χ3n) is 5.05. The van der Waals surface area contributed by atoms with Gasteiger partial charge in [0, 0.05) is 26.8 Å². The van der Waals surface area contributed by atoms with Crippen LogP contribution in [0.1, 0.15) is 18.4 Å². The number of amides is 1. The first-order valence-corrected chi connectivity index (χ1v) is 12.3. The van der Waals surface area contributed by atoms with Gasteiger partial charge in [0.05, 0.1) is 23.3 Å². The molecule has 8 nitrogen and oxygen atoms in total. The number of methoxy groups -OCH3 is 2. The Morgan fingerprint density at radius 3 is 2.55 bits per heavy atom. The number of rotatable bonds is 10. The molecule has 0 saturated carbocycles. The molecule has 0 unspecified atom stereocenters. The minimum absolute atomic E-state index is 0.0164. The molecule has 1 saturated heterocycles. The first kappa shape index (κ1) is 25.6. The van der Waals surface area contributed by atoms with Crippen LogP contribution < -0.4 is 8.92 Å². The number of benzene rings is 2. The molecule has 0 radical (unpaired) electrons. The van der Waals surface area contributed by atoms with Crippen LogP contribution in [-0.4, -0.2) is 59.3 Å². The lowest BCUT2D eigenvalue weighted by Gasteiger charge is -2.25. The van der Waals surface area contributed by atoms with E-state index in [1.807, 2.05) is 0 Å². The van der Waals surface area contributed by atoms with Crippen LogP contribution in [0.3, 0.4) is 0 Å². The largest absolute Gasteiger partial charge is 0.493 e. The Morgan fingerprint density at radius 1 is 1.12 bits per heavy atom. The van der Waals surface area contributed by atoms with Gasteiger partial charge in [-0.15, -0.1) is 0 Å². The molecule has 1 aliphatic heterocycles. The molecule has 0 bridgehead atoms. The van der Waals surface area contributed by atoms with Crippen molar-refractivity contribution in [3.8, 4) is 11.5 Å². The minimum atomic E-state index is -4.22. The van der Waals surface area contributed by atoms with E-state index in [0.29, 0.717) is 18.7 Å². The molecule has 0 aliphatic carbocycles. The van der Waals surface area contributed by atoms with Crippen LogP contribution in [0.4, 0.5) is 0 Å². The van der Waals surface area contributed by atoms with Gasteiger partial charge in [-0.3, -0.25) is 4.79 Å². The SMILES string of the molecule is COCC(=O)N(Cc1ccc(OC)c(OS(=O)(=O)c2ccc(Cl)c(Cl)c2)c1)C[C@H]1CCCO1. The standard InChI is InChI=1S/C22H25Cl2NO7S/c1-29-14-22(26)25(13-16-4-3-9-31-16)12-15-5-8-20(30-2)21(10-15)32-33(27,28)17-6-7-18(23)19(24)11-17/h5-8,10-11,16H,3-4,9,12-14H2,1-2H3/t16-/m1/s1. The molecule has 1 atom stereocenters. The molecule has 1 amide bonds. The van der Waals surface area contributed by atoms with Crippen LogP contribution in [0.5, 0.6) is 11.5 Å². The van der Waals surface area contributed by atoms with Crippen molar-refractivity contribution in [1.29, 1.82) is 0 Å². The maximum atomic E-state index is 12.8. The quantitative estimate of drug-likeness (QED) is 0.441. The van der Waals surface area contributed by atoms with Crippen molar-refractivity contribution < 1.29 is 31.6 Å². The summed E-state index contributed by atoms with van der Waals surface area (Å²) in [5.74, 6) is 0.00308. The van der Waals surface area contributed by atoms with Crippen molar-refractivity contribution >= 4 is 39.2 Å². The smallest absolute Gasteiger partial charge is 0.339 e. The van der Waals surface area contributed by atoms with Gasteiger partial charge in [0.1, 0.15) is 11.5 Å². The third-order valence-corrected chi connectivity index (χ3v) is 7.02. The number of carbonyl (C=O) groups is 1. The highest BCUT2D eigenvalue weighted by Gasteiger charge is 2.24. The fourth-order valence-corrected chi connectivity index (χ4v) is 4.73. The average Bonchev–Trinajstić information content (AvgIpc) is 3.28. The van der Waals surface area contributed by atoms with Crippen LogP contribution in [0.25, 0.3) is 0 Å². The Balaban J connectivity index is 1.85. The minimum Gasteiger partial charge on any atom is -0.493 e. The van der Waals surface area contributed by atoms with E-state index in [9.17, 15) is 13.2 Å². The normalized spacial score (nSPS) is 15.9. The highest BCUT2D eigenvalue weighted by Crippen LogP contribution is 2.33. The summed E-state index contributed by atoms with van der Waals surface area (Å²) in [5, 5.41) is 0.311. The number of halogens is 2. The second kappa shape index (κ2) is 11.4. The molecule has 11 heteroatoms. The van der Waals surface area contributed by atoms with E-state index < -0.39 is 10.1 Å². The van der Waals surface area contributed by atoms with Crippen LogP contribution in [0.15, 0.2) is 41.3 Å². The van der Waals surface area contributed by atoms with Crippen molar-refractivity contribution in [3.05, 3.63) is 52.0 Å². The number of carbonyl (C=O) groups excluding carboxylic acids is 1. The molecule has 1 heterocycles. The summed E-state index contributed by atoms with van der Waals surface area (Å²) in [6, 6.07) is 8.73. The topological polar surface area (TPSA) is 91.4 Å². The number of hydrogen-bond acceptors (Lipinski definition) is 7. The van der Waals surface area contributed by atoms with Crippen molar-refractivity contribution in [3.63, 3.8) is 0 Å². The first-order chi connectivity index (χ1) is 15.7. The Hall–Kier alpha value is -2.04. The van der Waals surface area contributed by atoms with E-state index in [1.165, 1.54) is 38.5 Å². The summed E-state index contributed by atoms with van der Waals surface area (Å²) >= 11 is 11.8. The molecule has 33 heavy (non-hydrogen) atoms. The lowest BCUT2D eigenvalue weighted by atomic mass is 10.1. The third kappa shape index (κ3) is 6.74. The predicted octanol–water partition coefficient (Wildman–Crippen LogP) is 3.92. The molecule has 0 N–H and O–H groups in total. The van der Waals surface area contributed by atoms with Gasteiger partial charge in [-0.2, -0.15) is 8.42 Å². The Labute approximate surface area is 203 Å². The average molecular weight is 518 g/mol. The van der Waals surface area contributed by atoms with Crippen LogP contribution >= 0.6 is 23.2 Å². The van der Waals surface area contributed by atoms with E-state index in [-0.39, 0.29) is 51.6 Å². The predicted molar refractivity (Wildman–Crippen MR) is 124 cm³/mol. The second-order valence-corrected chi connectivity index (χ2v) is 9.80. The summed E-state index contributed by atoms with van der Waals surface area (Å²) in [6.45, 7) is 1.23. The number of ether oxygens (including phenoxy) is 3. The van der Waals surface area contributed by atoms with Gasteiger partial charge < -0.3 is 23.3 Å². The fraction of sp³-hybridized carbons (Fsp3) is 0.409. The Bertz CT molecular complexity index is 1090. The van der Waals surface area contributed by atoms with Gasteiger partial charge in [-0.05, 0) is 48.7 Å². The zero-order chi connectivity index (χ0) is 24.0. The van der Waals surface area contributed by atoms with Crippen molar-refractivity contribution in [2.24, 2.45) is 0 Å². The van der Waals surface area contributed by atoms with Gasteiger partial charge in [-0.1, -0.05) is 29.3 Å². The molecule has 2 aromatic carbocycles. The van der Waals surface area contributed by atoms with E-state index in [2.05, 4.69) is 0 Å². The number of nitrogens with zero attached hydrogens (tertiary/aromatic N) is 1. The Kier molecular flexibility index (Phi) is 8.83. The highest BCUT2D eigenvalue weighted by molar-refractivity contribution is 7.87. The zero-order valence-electron chi connectivity index (χ0n) is 18.3. The molecule has 0 spiro atoms. The molecule has 1 fully saturated rings. The van der Waals surface area contributed by atoms with Crippen LogP contribution in [0, 0.1) is 0 Å². The maximum Gasteiger partial charge on any atom is 0.339 e. The molecular weight excluding hydrogens is 493 g/mol. The van der Waals surface area contributed by atoms with Crippen molar-refractivity contribution in [1.82, 2.24) is 4.90 Å². The summed E-state index contributed by atoms with van der Waals surface area (Å²) in [5.41, 5.74) is 0.651. The molecular formula is C22H25Cl2NO7S. The van der Waals surface area contributed by atoms with Crippen LogP contribution in [0.2, 0.25) is 10.0 Å². The summed E-state index contributed by atoms with van der Waals surface area (Å²) in [4.78, 5) is 14.1. The summed E-state index contributed by atoms with van der Waals surface area (Å²) in [6.07, 6.45) is 1.77. The second-order valence-electron chi connectivity index (χ2n) is 7.44. The molecule has 0 aromatic heterocycles. The van der Waals surface area contributed by atoms with E-state index in [0.717, 1.165) is 12.8 Å². The lowest BCUT2D eigenvalue weighted by molar-refractivity contribution is -0.137. The van der Waals surface area contributed by atoms with Gasteiger partial charge in [0.15, 0.2) is 11.5 Å². The van der Waals surface area contributed by atoms with Gasteiger partial charge in [0.25, 0.3) is 0 Å². The van der Waals surface area contributed by atoms with Crippen molar-refractivity contribution in [2.45, 2.75) is 30.4 Å². The van der Waals surface area contributed by atoms with Crippen LogP contribution in [-0.2, 0) is 30.9 Å².